The van der Waals surface area contributed by atoms with Crippen molar-refractivity contribution in [1.82, 2.24) is 19.5 Å². The molecule has 0 radical (unpaired) electrons. The summed E-state index contributed by atoms with van der Waals surface area (Å²) in [4.78, 5) is 10.9. The summed E-state index contributed by atoms with van der Waals surface area (Å²) in [7, 11) is 0. The molecule has 1 N–H and O–H groups in total. The van der Waals surface area contributed by atoms with E-state index in [1.165, 1.54) is 51.0 Å². The summed E-state index contributed by atoms with van der Waals surface area (Å²) in [5.41, 5.74) is 1.60. The summed E-state index contributed by atoms with van der Waals surface area (Å²) in [5, 5.41) is 9.76. The first kappa shape index (κ1) is 21.4. The summed E-state index contributed by atoms with van der Waals surface area (Å²) in [5.74, 6) is 0.672. The summed E-state index contributed by atoms with van der Waals surface area (Å²) in [6.45, 7) is 4.28. The minimum absolute atomic E-state index is 0.236. The molecule has 3 fully saturated rings. The SMILES string of the molecule is Fc1cccc(-c2nc3sc(N4CCN(C5CCCCC5)CC4)nn3c2NC2CCCC2)c1. The highest BCUT2D eigenvalue weighted by atomic mass is 32.1. The molecule has 0 atom stereocenters. The highest BCUT2D eigenvalue weighted by molar-refractivity contribution is 7.20. The van der Waals surface area contributed by atoms with Gasteiger partial charge in [0.2, 0.25) is 10.1 Å². The minimum Gasteiger partial charge on any atom is -0.365 e. The van der Waals surface area contributed by atoms with Gasteiger partial charge in [-0.1, -0.05) is 55.6 Å². The van der Waals surface area contributed by atoms with Gasteiger partial charge < -0.3 is 10.2 Å². The second-order valence-electron chi connectivity index (χ2n) is 9.84. The van der Waals surface area contributed by atoms with Crippen molar-refractivity contribution in [3.8, 4) is 11.3 Å². The molecule has 0 unspecified atom stereocenters. The minimum atomic E-state index is -0.236. The largest absolute Gasteiger partial charge is 0.365 e. The van der Waals surface area contributed by atoms with Crippen LogP contribution < -0.4 is 10.2 Å². The molecule has 176 valence electrons. The number of benzene rings is 1. The third kappa shape index (κ3) is 4.35. The fourth-order valence-corrected chi connectivity index (χ4v) is 6.77. The fraction of sp³-hybridized carbons (Fsp3) is 0.600. The lowest BCUT2D eigenvalue weighted by Gasteiger charge is -2.40. The molecule has 1 aliphatic heterocycles. The molecular weight excluding hydrogens is 435 g/mol. The topological polar surface area (TPSA) is 48.7 Å². The normalized spacial score (nSPS) is 21.3. The van der Waals surface area contributed by atoms with E-state index < -0.39 is 0 Å². The first-order chi connectivity index (χ1) is 16.2. The molecule has 2 aliphatic carbocycles. The molecule has 3 aromatic rings. The zero-order chi connectivity index (χ0) is 22.2. The summed E-state index contributed by atoms with van der Waals surface area (Å²) >= 11 is 1.65. The van der Waals surface area contributed by atoms with Gasteiger partial charge in [-0.05, 0) is 37.8 Å². The van der Waals surface area contributed by atoms with Crippen LogP contribution in [0.2, 0.25) is 0 Å². The zero-order valence-electron chi connectivity index (χ0n) is 19.2. The van der Waals surface area contributed by atoms with Crippen LogP contribution in [-0.4, -0.2) is 57.8 Å². The molecule has 0 amide bonds. The number of halogens is 1. The number of imidazole rings is 1. The van der Waals surface area contributed by atoms with Crippen LogP contribution in [0.1, 0.15) is 57.8 Å². The van der Waals surface area contributed by atoms with Gasteiger partial charge in [0, 0.05) is 43.8 Å². The highest BCUT2D eigenvalue weighted by Crippen LogP contribution is 2.36. The van der Waals surface area contributed by atoms with Gasteiger partial charge in [0.15, 0.2) is 5.82 Å². The molecule has 6 rings (SSSR count). The number of hydrogen-bond donors (Lipinski definition) is 1. The molecule has 1 saturated heterocycles. The highest BCUT2D eigenvalue weighted by Gasteiger charge is 2.28. The number of aromatic nitrogens is 3. The smallest absolute Gasteiger partial charge is 0.216 e. The zero-order valence-corrected chi connectivity index (χ0v) is 20.0. The maximum absolute atomic E-state index is 14.0. The quantitative estimate of drug-likeness (QED) is 0.543. The summed E-state index contributed by atoms with van der Waals surface area (Å²) < 4.78 is 15.9. The Hall–Kier alpha value is -2.19. The number of hydrogen-bond acceptors (Lipinski definition) is 6. The maximum Gasteiger partial charge on any atom is 0.216 e. The van der Waals surface area contributed by atoms with Gasteiger partial charge in [0.25, 0.3) is 0 Å². The first-order valence-corrected chi connectivity index (χ1v) is 13.5. The van der Waals surface area contributed by atoms with Crippen LogP contribution in [0.5, 0.6) is 0 Å². The molecule has 8 heteroatoms. The van der Waals surface area contributed by atoms with E-state index in [0.717, 1.165) is 72.2 Å². The van der Waals surface area contributed by atoms with Gasteiger partial charge in [0.1, 0.15) is 11.5 Å². The van der Waals surface area contributed by atoms with E-state index in [1.54, 1.807) is 23.5 Å². The molecule has 3 aliphatic rings. The number of nitrogens with one attached hydrogen (secondary N) is 1. The fourth-order valence-electron chi connectivity index (χ4n) is 5.82. The van der Waals surface area contributed by atoms with E-state index in [9.17, 15) is 4.39 Å². The van der Waals surface area contributed by atoms with Crippen LogP contribution in [0.25, 0.3) is 16.2 Å². The van der Waals surface area contributed by atoms with Gasteiger partial charge in [-0.25, -0.2) is 9.37 Å². The predicted molar refractivity (Wildman–Crippen MR) is 133 cm³/mol. The lowest BCUT2D eigenvalue weighted by atomic mass is 9.94. The van der Waals surface area contributed by atoms with Gasteiger partial charge in [0.05, 0.1) is 0 Å². The molecule has 0 spiro atoms. The summed E-state index contributed by atoms with van der Waals surface area (Å²) in [6, 6.07) is 7.95. The third-order valence-electron chi connectivity index (χ3n) is 7.66. The van der Waals surface area contributed by atoms with Crippen LogP contribution in [0.3, 0.4) is 0 Å². The lowest BCUT2D eigenvalue weighted by Crippen LogP contribution is -2.50. The standard InChI is InChI=1S/C25H33FN6S/c26-19-8-6-7-18(17-19)22-23(27-20-9-4-5-10-20)32-24(28-22)33-25(29-32)31-15-13-30(14-16-31)21-11-2-1-3-12-21/h6-8,17,20-21,27H,1-5,9-16H2. The van der Waals surface area contributed by atoms with Gasteiger partial charge in [-0.2, -0.15) is 4.52 Å². The number of fused-ring (bicyclic) bond motifs is 1. The van der Waals surface area contributed by atoms with Crippen molar-refractivity contribution >= 4 is 27.2 Å². The molecule has 33 heavy (non-hydrogen) atoms. The molecule has 0 bridgehead atoms. The van der Waals surface area contributed by atoms with E-state index in [0.29, 0.717) is 6.04 Å². The molecule has 1 aromatic carbocycles. The van der Waals surface area contributed by atoms with Crippen LogP contribution in [0.15, 0.2) is 24.3 Å². The predicted octanol–water partition coefficient (Wildman–Crippen LogP) is 5.41. The number of rotatable bonds is 5. The Morgan fingerprint density at radius 1 is 0.939 bits per heavy atom. The van der Waals surface area contributed by atoms with Crippen LogP contribution in [0.4, 0.5) is 15.3 Å². The van der Waals surface area contributed by atoms with Crippen molar-refractivity contribution in [2.75, 3.05) is 36.4 Å². The Morgan fingerprint density at radius 2 is 1.70 bits per heavy atom. The Balaban J connectivity index is 1.25. The van der Waals surface area contributed by atoms with Crippen molar-refractivity contribution < 1.29 is 4.39 Å². The van der Waals surface area contributed by atoms with Crippen LogP contribution in [-0.2, 0) is 0 Å². The van der Waals surface area contributed by atoms with E-state index in [4.69, 9.17) is 10.1 Å². The van der Waals surface area contributed by atoms with Crippen molar-refractivity contribution in [3.05, 3.63) is 30.1 Å². The molecule has 2 aromatic heterocycles. The Morgan fingerprint density at radius 3 is 2.45 bits per heavy atom. The van der Waals surface area contributed by atoms with Gasteiger partial charge >= 0.3 is 0 Å². The molecule has 6 nitrogen and oxygen atoms in total. The molecule has 3 heterocycles. The van der Waals surface area contributed by atoms with E-state index in [2.05, 4.69) is 15.1 Å². The second-order valence-corrected chi connectivity index (χ2v) is 10.8. The summed E-state index contributed by atoms with van der Waals surface area (Å²) in [6.07, 6.45) is 11.7. The van der Waals surface area contributed by atoms with Crippen LogP contribution in [0, 0.1) is 5.82 Å². The van der Waals surface area contributed by atoms with Gasteiger partial charge in [-0.3, -0.25) is 4.90 Å². The molecular formula is C25H33FN6S. The van der Waals surface area contributed by atoms with Gasteiger partial charge in [-0.15, -0.1) is 5.10 Å². The van der Waals surface area contributed by atoms with Crippen molar-refractivity contribution in [3.63, 3.8) is 0 Å². The van der Waals surface area contributed by atoms with Crippen LogP contribution >= 0.6 is 11.3 Å². The number of piperazine rings is 1. The second kappa shape index (κ2) is 9.22. The Kier molecular flexibility index (Phi) is 5.96. The number of anilines is 2. The van der Waals surface area contributed by atoms with E-state index in [1.807, 2.05) is 10.6 Å². The van der Waals surface area contributed by atoms with E-state index in [-0.39, 0.29) is 5.82 Å². The first-order valence-electron chi connectivity index (χ1n) is 12.7. The number of nitrogens with zero attached hydrogens (tertiary/aromatic N) is 5. The average Bonchev–Trinajstić information content (AvgIpc) is 3.58. The Bertz CT molecular complexity index is 1090. The monoisotopic (exact) mass is 468 g/mol. The van der Waals surface area contributed by atoms with Crippen molar-refractivity contribution in [2.45, 2.75) is 69.9 Å². The third-order valence-corrected chi connectivity index (χ3v) is 8.63. The van der Waals surface area contributed by atoms with E-state index >= 15 is 0 Å². The average molecular weight is 469 g/mol. The lowest BCUT2D eigenvalue weighted by molar-refractivity contribution is 0.148. The Labute approximate surface area is 198 Å². The molecule has 2 saturated carbocycles. The van der Waals surface area contributed by atoms with Crippen molar-refractivity contribution in [1.29, 1.82) is 0 Å². The maximum atomic E-state index is 14.0. The van der Waals surface area contributed by atoms with Crippen molar-refractivity contribution in [2.24, 2.45) is 0 Å².